The third-order valence-corrected chi connectivity index (χ3v) is 24.2. The average Bonchev–Trinajstić information content (AvgIpc) is 1.70. The molecule has 13 atom stereocenters. The number of carboxylic acid groups (broad SMARTS) is 1. The van der Waals surface area contributed by atoms with Crippen molar-refractivity contribution < 1.29 is 81.7 Å². The van der Waals surface area contributed by atoms with E-state index in [9.17, 15) is 33.9 Å². The van der Waals surface area contributed by atoms with Crippen LogP contribution in [0, 0.1) is 17.8 Å². The molecule has 2 unspecified atom stereocenters. The number of piperidine rings is 1. The molecule has 6 aromatic rings. The molecule has 2 aliphatic rings. The summed E-state index contributed by atoms with van der Waals surface area (Å²) in [6.07, 6.45) is -0.764. The Labute approximate surface area is 759 Å². The highest BCUT2D eigenvalue weighted by atomic mass is 16.6. The molecule has 129 heavy (non-hydrogen) atoms. The van der Waals surface area contributed by atoms with Crippen LogP contribution in [-0.4, -0.2) is 273 Å². The minimum atomic E-state index is -1.81. The van der Waals surface area contributed by atoms with Gasteiger partial charge >= 0.3 is 12.1 Å². The lowest BCUT2D eigenvalue weighted by atomic mass is 9.79. The molecule has 0 spiro atoms. The quantitative estimate of drug-likeness (QED) is 0.0196. The van der Waals surface area contributed by atoms with Crippen LogP contribution in [0.25, 0.3) is 0 Å². The van der Waals surface area contributed by atoms with Crippen LogP contribution in [-0.2, 0) is 96.7 Å². The van der Waals surface area contributed by atoms with Gasteiger partial charge in [-0.05, 0) is 132 Å². The summed E-state index contributed by atoms with van der Waals surface area (Å²) in [7, 11) is 8.38. The highest BCUT2D eigenvalue weighted by molar-refractivity contribution is 6.01. The standard InChI is InChI=1S/C99H133N13O17/c1-62(2)55-79(93(123)110(19)84(64(5)6)90(120)102-75(57-69-41-27-20-28-42-69)87(117)103-76(60-82(114)115)92(122)107(16)78(59-71-45-31-22-32-46-71)89(119)101-66(8)91(121)111-53-39-26-40-54-111)106(15)81(113)61-100-88(118)77(58-70-43-29-21-30-44-70)108(17)96(126)85(68(10)128-99(72-47-33-23-34-48-72,73-49-35-24-36-50-73)74-51-37-25-38-52-74)112-65(7)56-80(94(112)124)109(18)95(125)83(63(3)4)104-86(116)67(9)105(14)97(127)129-98(11,12)13/h20-25,27-38,41-52,62-68,75-80,83-85H,26,39-40,53-61H2,1-19H3,(H,100,118)(H,101,119)(H,102,120)(H,103,117)(H,104,116)(H,114,115)/t65?,66-,67-,68+,75-,76-,77-,78?,79-,80-,83-,84-,85-/m0/s1. The van der Waals surface area contributed by atoms with Crippen LogP contribution in [0.2, 0.25) is 0 Å². The summed E-state index contributed by atoms with van der Waals surface area (Å²) in [4.78, 5) is 217. The smallest absolute Gasteiger partial charge is 0.410 e. The summed E-state index contributed by atoms with van der Waals surface area (Å²) in [6.45, 7) is 22.4. The first kappa shape index (κ1) is 102. The van der Waals surface area contributed by atoms with E-state index in [2.05, 4.69) is 26.6 Å². The number of nitrogens with one attached hydrogen (secondary N) is 5. The van der Waals surface area contributed by atoms with E-state index < -0.39 is 192 Å². The number of amides is 13. The van der Waals surface area contributed by atoms with E-state index in [0.717, 1.165) is 29.1 Å². The van der Waals surface area contributed by atoms with Gasteiger partial charge in [0.1, 0.15) is 77.7 Å². The SMILES string of the molecule is CC(C)C[C@@H](C(=O)N(C)[C@H](C(=O)N[C@@H](Cc1ccccc1)C(=O)N[C@@H](CC(=O)O)C(=O)N(C)C(Cc1ccccc1)C(=O)N[C@@H](C)C(=O)N1CCCCC1)C(C)C)N(C)C(=O)CNC(=O)[C@H](Cc1ccccc1)N(C)C(=O)[C@H]([C@@H](C)OC(c1ccccc1)(c1ccccc1)c1ccccc1)N1C(=O)[C@@H](N(C)C(=O)[C@@H](NC(=O)[C@H](C)N(C)C(=O)OC(C)(C)C)C(C)C)CC1C. The van der Waals surface area contributed by atoms with E-state index in [1.165, 1.54) is 73.7 Å². The maximum absolute atomic E-state index is 16.6. The van der Waals surface area contributed by atoms with Crippen LogP contribution in [0.15, 0.2) is 182 Å². The second-order valence-electron chi connectivity index (χ2n) is 36.2. The number of hydrogen-bond donors (Lipinski definition) is 6. The minimum Gasteiger partial charge on any atom is -0.481 e. The highest BCUT2D eigenvalue weighted by Gasteiger charge is 2.53. The molecule has 30 nitrogen and oxygen atoms in total. The van der Waals surface area contributed by atoms with E-state index in [-0.39, 0.29) is 43.9 Å². The summed E-state index contributed by atoms with van der Waals surface area (Å²) in [6, 6.07) is 38.7. The van der Waals surface area contributed by atoms with Crippen molar-refractivity contribution in [2.24, 2.45) is 17.8 Å². The topological polar surface area (TPSA) is 364 Å². The monoisotopic (exact) mass is 1780 g/mol. The number of hydrogen-bond acceptors (Lipinski definition) is 16. The van der Waals surface area contributed by atoms with E-state index in [4.69, 9.17) is 9.47 Å². The van der Waals surface area contributed by atoms with E-state index in [1.807, 2.05) is 105 Å². The fraction of sp³-hybridized carbons (Fsp3) is 0.495. The Kier molecular flexibility index (Phi) is 36.9. The molecule has 8 rings (SSSR count). The number of carboxylic acids is 1. The van der Waals surface area contributed by atoms with Gasteiger partial charge in [0.05, 0.1) is 19.1 Å². The van der Waals surface area contributed by atoms with E-state index in [0.29, 0.717) is 46.5 Å². The van der Waals surface area contributed by atoms with Crippen molar-refractivity contribution in [3.05, 3.63) is 215 Å². The van der Waals surface area contributed by atoms with Crippen molar-refractivity contribution in [1.29, 1.82) is 0 Å². The molecule has 2 fully saturated rings. The third-order valence-electron chi connectivity index (χ3n) is 24.2. The largest absolute Gasteiger partial charge is 0.481 e. The van der Waals surface area contributed by atoms with Gasteiger partial charge in [-0.3, -0.25) is 67.2 Å². The van der Waals surface area contributed by atoms with Gasteiger partial charge < -0.3 is 75.5 Å². The molecule has 6 N–H and O–H groups in total. The number of carbonyl (C=O) groups excluding carboxylic acids is 13. The van der Waals surface area contributed by atoms with Crippen LogP contribution >= 0.6 is 0 Å². The molecule has 13 amide bonds. The van der Waals surface area contributed by atoms with Gasteiger partial charge in [-0.15, -0.1) is 0 Å². The van der Waals surface area contributed by atoms with Crippen LogP contribution in [0.3, 0.4) is 0 Å². The summed E-state index contributed by atoms with van der Waals surface area (Å²) in [5.41, 5.74) is 1.41. The van der Waals surface area contributed by atoms with Gasteiger partial charge in [0.25, 0.3) is 0 Å². The Morgan fingerprint density at radius 3 is 1.40 bits per heavy atom. The van der Waals surface area contributed by atoms with Gasteiger partial charge in [-0.25, -0.2) is 4.79 Å². The van der Waals surface area contributed by atoms with Crippen LogP contribution < -0.4 is 26.6 Å². The molecule has 6 aromatic carbocycles. The molecule has 0 saturated carbocycles. The molecule has 0 radical (unpaired) electrons. The predicted octanol–water partition coefficient (Wildman–Crippen LogP) is 8.41. The Hall–Kier alpha value is -12.3. The summed E-state index contributed by atoms with van der Waals surface area (Å²) >= 11 is 0. The zero-order chi connectivity index (χ0) is 95.1. The number of rotatable bonds is 41. The van der Waals surface area contributed by atoms with Gasteiger partial charge in [0, 0.05) is 80.7 Å². The number of aliphatic carboxylic acids is 1. The molecule has 696 valence electrons. The number of ether oxygens (including phenoxy) is 2. The first-order valence-corrected chi connectivity index (χ1v) is 44.6. The summed E-state index contributed by atoms with van der Waals surface area (Å²) < 4.78 is 13.2. The molecule has 30 heteroatoms. The van der Waals surface area contributed by atoms with Crippen molar-refractivity contribution >= 4 is 82.9 Å². The highest BCUT2D eigenvalue weighted by Crippen LogP contribution is 2.43. The van der Waals surface area contributed by atoms with Crippen LogP contribution in [0.1, 0.15) is 162 Å². The van der Waals surface area contributed by atoms with Gasteiger partial charge in [-0.2, -0.15) is 0 Å². The Morgan fingerprint density at radius 1 is 0.481 bits per heavy atom. The molecular formula is C99H133N13O17. The number of likely N-dealkylation sites (N-methyl/N-ethyl adjacent to an activating group) is 6. The van der Waals surface area contributed by atoms with Crippen molar-refractivity contribution in [1.82, 2.24) is 65.8 Å². The van der Waals surface area contributed by atoms with Crippen molar-refractivity contribution in [3.8, 4) is 0 Å². The maximum atomic E-state index is 16.6. The molecule has 2 heterocycles. The van der Waals surface area contributed by atoms with Gasteiger partial charge in [0.15, 0.2) is 0 Å². The zero-order valence-corrected chi connectivity index (χ0v) is 78.1. The second-order valence-corrected chi connectivity index (χ2v) is 36.2. The van der Waals surface area contributed by atoms with E-state index in [1.54, 1.807) is 165 Å². The summed E-state index contributed by atoms with van der Waals surface area (Å²) in [5, 5.41) is 24.1. The molecule has 2 aliphatic heterocycles. The normalized spacial score (nSPS) is 16.7. The molecular weight excluding hydrogens is 1640 g/mol. The lowest BCUT2D eigenvalue weighted by Gasteiger charge is -2.44. The Balaban J connectivity index is 1.08. The lowest BCUT2D eigenvalue weighted by molar-refractivity contribution is -0.160. The van der Waals surface area contributed by atoms with Crippen molar-refractivity contribution in [2.75, 3.05) is 61.9 Å². The third kappa shape index (κ3) is 26.7. The summed E-state index contributed by atoms with van der Waals surface area (Å²) in [5.74, 6) is -11.7. The number of carbonyl (C=O) groups is 14. The first-order chi connectivity index (χ1) is 61.0. The zero-order valence-electron chi connectivity index (χ0n) is 78.1. The van der Waals surface area contributed by atoms with Gasteiger partial charge in [-0.1, -0.05) is 224 Å². The number of nitrogens with zero attached hydrogens (tertiary/aromatic N) is 8. The molecule has 0 aromatic heterocycles. The number of benzene rings is 6. The molecule has 0 aliphatic carbocycles. The van der Waals surface area contributed by atoms with E-state index >= 15 is 38.4 Å². The predicted molar refractivity (Wildman–Crippen MR) is 489 cm³/mol. The lowest BCUT2D eigenvalue weighted by Crippen LogP contribution is -2.62. The average molecular weight is 1780 g/mol. The first-order valence-electron chi connectivity index (χ1n) is 44.6. The Morgan fingerprint density at radius 2 is 0.938 bits per heavy atom. The fourth-order valence-electron chi connectivity index (χ4n) is 16.8. The van der Waals surface area contributed by atoms with Crippen LogP contribution in [0.5, 0.6) is 0 Å². The number of likely N-dealkylation sites (tertiary alicyclic amines) is 2. The van der Waals surface area contributed by atoms with Gasteiger partial charge in [0.2, 0.25) is 70.9 Å². The van der Waals surface area contributed by atoms with Crippen molar-refractivity contribution in [3.63, 3.8) is 0 Å². The van der Waals surface area contributed by atoms with Crippen molar-refractivity contribution in [2.45, 2.75) is 238 Å². The van der Waals surface area contributed by atoms with Crippen LogP contribution in [0.4, 0.5) is 4.79 Å². The second kappa shape index (κ2) is 46.6. The molecule has 0 bridgehead atoms. The maximum Gasteiger partial charge on any atom is 0.410 e. The minimum absolute atomic E-state index is 0.00723. The molecule has 2 saturated heterocycles. The fourth-order valence-corrected chi connectivity index (χ4v) is 16.8. The Bertz CT molecular complexity index is 4710.